The van der Waals surface area contributed by atoms with Crippen molar-refractivity contribution in [1.29, 1.82) is 0 Å². The Morgan fingerprint density at radius 2 is 1.71 bits per heavy atom. The van der Waals surface area contributed by atoms with Gasteiger partial charge in [0.1, 0.15) is 5.78 Å². The summed E-state index contributed by atoms with van der Waals surface area (Å²) < 4.78 is 10.5. The SMILES string of the molecule is COc1ccc(CCC(=O)NC2CCN(C(=O)CCC(C)=O)CC2)cc1OC. The van der Waals surface area contributed by atoms with Crippen LogP contribution in [0.5, 0.6) is 11.5 Å². The average molecular weight is 390 g/mol. The van der Waals surface area contributed by atoms with Gasteiger partial charge in [-0.05, 0) is 43.9 Å². The van der Waals surface area contributed by atoms with Crippen LogP contribution in [0.1, 0.15) is 44.6 Å². The summed E-state index contributed by atoms with van der Waals surface area (Å²) >= 11 is 0. The van der Waals surface area contributed by atoms with Gasteiger partial charge in [0.15, 0.2) is 11.5 Å². The normalized spacial score (nSPS) is 14.5. The number of piperidine rings is 1. The van der Waals surface area contributed by atoms with Gasteiger partial charge in [-0.25, -0.2) is 0 Å². The lowest BCUT2D eigenvalue weighted by Gasteiger charge is -2.32. The lowest BCUT2D eigenvalue weighted by Crippen LogP contribution is -2.46. The molecule has 1 aliphatic heterocycles. The van der Waals surface area contributed by atoms with Crippen LogP contribution in [0.4, 0.5) is 0 Å². The Kier molecular flexibility index (Phi) is 8.29. The molecular weight excluding hydrogens is 360 g/mol. The first kappa shape index (κ1) is 21.7. The van der Waals surface area contributed by atoms with Crippen LogP contribution < -0.4 is 14.8 Å². The number of aryl methyl sites for hydroxylation is 1. The number of nitrogens with one attached hydrogen (secondary N) is 1. The molecular formula is C21H30N2O5. The molecule has 7 heteroatoms. The second-order valence-electron chi connectivity index (χ2n) is 7.11. The maximum absolute atomic E-state index is 12.3. The van der Waals surface area contributed by atoms with E-state index in [4.69, 9.17) is 9.47 Å². The summed E-state index contributed by atoms with van der Waals surface area (Å²) in [6.45, 7) is 2.74. The van der Waals surface area contributed by atoms with Crippen LogP contribution in [-0.2, 0) is 20.8 Å². The van der Waals surface area contributed by atoms with E-state index < -0.39 is 0 Å². The molecule has 0 aliphatic carbocycles. The number of benzene rings is 1. The standard InChI is InChI=1S/C21H30N2O5/c1-15(24)4-9-21(26)23-12-10-17(11-13-23)22-20(25)8-6-16-5-7-18(27-2)19(14-16)28-3/h5,7,14,17H,4,6,8-13H2,1-3H3,(H,22,25). The molecule has 0 atom stereocenters. The van der Waals surface area contributed by atoms with E-state index in [1.165, 1.54) is 6.92 Å². The van der Waals surface area contributed by atoms with E-state index in [-0.39, 0.29) is 30.1 Å². The monoisotopic (exact) mass is 390 g/mol. The number of ketones is 1. The molecule has 0 aromatic heterocycles. The van der Waals surface area contributed by atoms with Crippen LogP contribution in [-0.4, -0.2) is 55.8 Å². The van der Waals surface area contributed by atoms with Crippen molar-refractivity contribution in [2.24, 2.45) is 0 Å². The third-order valence-corrected chi connectivity index (χ3v) is 4.99. The second-order valence-corrected chi connectivity index (χ2v) is 7.11. The van der Waals surface area contributed by atoms with Crippen LogP contribution in [0, 0.1) is 0 Å². The zero-order chi connectivity index (χ0) is 20.5. The molecule has 1 aromatic rings. The number of hydrogen-bond donors (Lipinski definition) is 1. The van der Waals surface area contributed by atoms with Crippen molar-refractivity contribution in [2.75, 3.05) is 27.3 Å². The molecule has 28 heavy (non-hydrogen) atoms. The van der Waals surface area contributed by atoms with Gasteiger partial charge < -0.3 is 24.5 Å². The third kappa shape index (κ3) is 6.55. The summed E-state index contributed by atoms with van der Waals surface area (Å²) in [7, 11) is 3.18. The molecule has 1 fully saturated rings. The highest BCUT2D eigenvalue weighted by Gasteiger charge is 2.23. The average Bonchev–Trinajstić information content (AvgIpc) is 2.70. The van der Waals surface area contributed by atoms with Crippen molar-refractivity contribution in [2.45, 2.75) is 51.5 Å². The van der Waals surface area contributed by atoms with Crippen LogP contribution >= 0.6 is 0 Å². The predicted molar refractivity (Wildman–Crippen MR) is 106 cm³/mol. The highest BCUT2D eigenvalue weighted by Crippen LogP contribution is 2.28. The molecule has 0 radical (unpaired) electrons. The molecule has 0 saturated carbocycles. The maximum atomic E-state index is 12.3. The lowest BCUT2D eigenvalue weighted by atomic mass is 10.0. The van der Waals surface area contributed by atoms with Gasteiger partial charge in [-0.15, -0.1) is 0 Å². The van der Waals surface area contributed by atoms with Crippen LogP contribution in [0.25, 0.3) is 0 Å². The number of rotatable bonds is 9. The summed E-state index contributed by atoms with van der Waals surface area (Å²) in [6, 6.07) is 5.75. The van der Waals surface area contributed by atoms with Gasteiger partial charge in [0.2, 0.25) is 11.8 Å². The predicted octanol–water partition coefficient (Wildman–Crippen LogP) is 2.11. The van der Waals surface area contributed by atoms with E-state index in [0.29, 0.717) is 43.9 Å². The fraction of sp³-hybridized carbons (Fsp3) is 0.571. The maximum Gasteiger partial charge on any atom is 0.223 e. The van der Waals surface area contributed by atoms with Gasteiger partial charge >= 0.3 is 0 Å². The van der Waals surface area contributed by atoms with E-state index in [1.807, 2.05) is 18.2 Å². The smallest absolute Gasteiger partial charge is 0.223 e. The quantitative estimate of drug-likeness (QED) is 0.698. The minimum atomic E-state index is 0.0103. The van der Waals surface area contributed by atoms with Crippen molar-refractivity contribution in [3.8, 4) is 11.5 Å². The van der Waals surface area contributed by atoms with E-state index in [0.717, 1.165) is 18.4 Å². The van der Waals surface area contributed by atoms with Gasteiger partial charge in [-0.3, -0.25) is 9.59 Å². The van der Waals surface area contributed by atoms with Gasteiger partial charge in [0, 0.05) is 38.4 Å². The Morgan fingerprint density at radius 3 is 2.32 bits per heavy atom. The fourth-order valence-electron chi connectivity index (χ4n) is 3.31. The van der Waals surface area contributed by atoms with Crippen LogP contribution in [0.2, 0.25) is 0 Å². The molecule has 0 unspecified atom stereocenters. The first-order valence-corrected chi connectivity index (χ1v) is 9.70. The zero-order valence-corrected chi connectivity index (χ0v) is 17.0. The minimum Gasteiger partial charge on any atom is -0.493 e. The van der Waals surface area contributed by atoms with Crippen molar-refractivity contribution in [3.05, 3.63) is 23.8 Å². The number of carbonyl (C=O) groups is 3. The Bertz CT molecular complexity index is 696. The van der Waals surface area contributed by atoms with E-state index in [1.54, 1.807) is 19.1 Å². The molecule has 0 spiro atoms. The number of methoxy groups -OCH3 is 2. The number of ether oxygens (including phenoxy) is 2. The van der Waals surface area contributed by atoms with Gasteiger partial charge in [0.25, 0.3) is 0 Å². The summed E-state index contributed by atoms with van der Waals surface area (Å²) in [5.74, 6) is 1.39. The number of nitrogens with zero attached hydrogens (tertiary/aromatic N) is 1. The van der Waals surface area contributed by atoms with E-state index in [2.05, 4.69) is 5.32 Å². The van der Waals surface area contributed by atoms with Crippen molar-refractivity contribution in [1.82, 2.24) is 10.2 Å². The Labute approximate surface area is 166 Å². The first-order valence-electron chi connectivity index (χ1n) is 9.70. The highest BCUT2D eigenvalue weighted by atomic mass is 16.5. The number of carbonyl (C=O) groups excluding carboxylic acids is 3. The van der Waals surface area contributed by atoms with E-state index >= 15 is 0 Å². The summed E-state index contributed by atoms with van der Waals surface area (Å²) in [5, 5.41) is 3.06. The molecule has 2 amide bonds. The zero-order valence-electron chi connectivity index (χ0n) is 17.0. The van der Waals surface area contributed by atoms with Crippen molar-refractivity contribution < 1.29 is 23.9 Å². The Balaban J connectivity index is 1.73. The number of amides is 2. The number of Topliss-reactive ketones (excluding diaryl/α,β-unsaturated/α-hetero) is 1. The third-order valence-electron chi connectivity index (χ3n) is 4.99. The summed E-state index contributed by atoms with van der Waals surface area (Å²) in [5.41, 5.74) is 1.01. The molecule has 0 bridgehead atoms. The Hall–Kier alpha value is -2.57. The largest absolute Gasteiger partial charge is 0.493 e. The lowest BCUT2D eigenvalue weighted by molar-refractivity contribution is -0.134. The van der Waals surface area contributed by atoms with Gasteiger partial charge in [-0.2, -0.15) is 0 Å². The van der Waals surface area contributed by atoms with Gasteiger partial charge in [0.05, 0.1) is 14.2 Å². The summed E-state index contributed by atoms with van der Waals surface area (Å²) in [6.07, 6.45) is 3.08. The van der Waals surface area contributed by atoms with Crippen LogP contribution in [0.15, 0.2) is 18.2 Å². The first-order chi connectivity index (χ1) is 13.4. The molecule has 2 rings (SSSR count). The molecule has 154 valence electrons. The molecule has 1 N–H and O–H groups in total. The molecule has 1 heterocycles. The van der Waals surface area contributed by atoms with Gasteiger partial charge in [-0.1, -0.05) is 6.07 Å². The molecule has 1 aliphatic rings. The second kappa shape index (κ2) is 10.7. The highest BCUT2D eigenvalue weighted by molar-refractivity contribution is 5.83. The summed E-state index contributed by atoms with van der Waals surface area (Å²) in [4.78, 5) is 37.1. The fourth-order valence-corrected chi connectivity index (χ4v) is 3.31. The van der Waals surface area contributed by atoms with E-state index in [9.17, 15) is 14.4 Å². The Morgan fingerprint density at radius 1 is 1.04 bits per heavy atom. The molecule has 1 aromatic carbocycles. The topological polar surface area (TPSA) is 84.9 Å². The van der Waals surface area contributed by atoms with Crippen molar-refractivity contribution >= 4 is 17.6 Å². The molecule has 7 nitrogen and oxygen atoms in total. The minimum absolute atomic E-state index is 0.0103. The molecule has 1 saturated heterocycles. The number of hydrogen-bond acceptors (Lipinski definition) is 5. The number of likely N-dealkylation sites (tertiary alicyclic amines) is 1. The van der Waals surface area contributed by atoms with Crippen LogP contribution in [0.3, 0.4) is 0 Å². The van der Waals surface area contributed by atoms with Crippen molar-refractivity contribution in [3.63, 3.8) is 0 Å².